The number of carbonyl (C=O) groups is 2. The Morgan fingerprint density at radius 1 is 1.22 bits per heavy atom. The van der Waals surface area contributed by atoms with Gasteiger partial charge in [-0.2, -0.15) is 0 Å². The summed E-state index contributed by atoms with van der Waals surface area (Å²) in [6, 6.07) is 10.6. The Labute approximate surface area is 138 Å². The van der Waals surface area contributed by atoms with Crippen molar-refractivity contribution in [3.05, 3.63) is 47.5 Å². The van der Waals surface area contributed by atoms with Crippen LogP contribution in [0.3, 0.4) is 0 Å². The van der Waals surface area contributed by atoms with Gasteiger partial charge in [0.2, 0.25) is 5.91 Å². The smallest absolute Gasteiger partial charge is 0.333 e. The Balaban J connectivity index is 2.33. The molecule has 0 aliphatic rings. The molecule has 0 fully saturated rings. The van der Waals surface area contributed by atoms with Crippen molar-refractivity contribution in [2.75, 3.05) is 23.1 Å². The second-order valence-electron chi connectivity index (χ2n) is 4.72. The number of nitrogens with two attached hydrogens (primary N) is 1. The first-order valence-corrected chi connectivity index (χ1v) is 7.11. The summed E-state index contributed by atoms with van der Waals surface area (Å²) in [4.78, 5) is 25.4. The Hall–Kier alpha value is -2.73. The van der Waals surface area contributed by atoms with Gasteiger partial charge in [-0.1, -0.05) is 17.7 Å². The van der Waals surface area contributed by atoms with E-state index in [0.717, 1.165) is 4.90 Å². The minimum absolute atomic E-state index is 0.361. The molecule has 0 heterocycles. The number of rotatable bonds is 3. The predicted octanol–water partition coefficient (Wildman–Crippen LogP) is 3.52. The highest BCUT2D eigenvalue weighted by molar-refractivity contribution is 6.31. The minimum Gasteiger partial charge on any atom is -0.495 e. The maximum Gasteiger partial charge on any atom is 0.333 e. The Bertz CT molecular complexity index is 749. The van der Waals surface area contributed by atoms with Crippen LogP contribution in [-0.4, -0.2) is 19.0 Å². The molecule has 23 heavy (non-hydrogen) atoms. The molecule has 120 valence electrons. The van der Waals surface area contributed by atoms with Crippen molar-refractivity contribution in [3.8, 4) is 5.75 Å². The fraction of sp³-hybridized carbons (Fsp3) is 0.125. The van der Waals surface area contributed by atoms with Crippen molar-refractivity contribution in [3.63, 3.8) is 0 Å². The van der Waals surface area contributed by atoms with Crippen LogP contribution in [0.1, 0.15) is 6.92 Å². The molecule has 0 spiro atoms. The number of nitrogens with one attached hydrogen (secondary N) is 1. The second kappa shape index (κ2) is 7.02. The van der Waals surface area contributed by atoms with E-state index in [4.69, 9.17) is 22.1 Å². The third-order valence-corrected chi connectivity index (χ3v) is 3.28. The molecular formula is C16H16ClN3O3. The molecule has 0 aliphatic heterocycles. The minimum atomic E-state index is -0.635. The topological polar surface area (TPSA) is 84.7 Å². The molecule has 0 atom stereocenters. The van der Waals surface area contributed by atoms with E-state index in [0.29, 0.717) is 27.8 Å². The lowest BCUT2D eigenvalue weighted by atomic mass is 10.2. The number of imide groups is 1. The lowest BCUT2D eigenvalue weighted by molar-refractivity contribution is -0.115. The maximum absolute atomic E-state index is 12.5. The van der Waals surface area contributed by atoms with Gasteiger partial charge in [0.15, 0.2) is 0 Å². The zero-order valence-electron chi connectivity index (χ0n) is 12.7. The Kier molecular flexibility index (Phi) is 5.08. The van der Waals surface area contributed by atoms with Gasteiger partial charge in [-0.15, -0.1) is 0 Å². The molecule has 3 amide bonds. The molecule has 3 N–H and O–H groups in total. The molecule has 0 saturated carbocycles. The van der Waals surface area contributed by atoms with Gasteiger partial charge in [-0.05, 0) is 36.4 Å². The normalized spacial score (nSPS) is 10.0. The number of anilines is 3. The molecule has 0 radical (unpaired) electrons. The number of nitrogens with zero attached hydrogens (tertiary/aromatic N) is 1. The summed E-state index contributed by atoms with van der Waals surface area (Å²) in [7, 11) is 1.47. The average Bonchev–Trinajstić information content (AvgIpc) is 2.47. The third kappa shape index (κ3) is 3.92. The number of methoxy groups -OCH3 is 1. The van der Waals surface area contributed by atoms with Gasteiger partial charge in [-0.3, -0.25) is 4.79 Å². The molecule has 0 aliphatic carbocycles. The van der Waals surface area contributed by atoms with Crippen LogP contribution >= 0.6 is 11.6 Å². The second-order valence-corrected chi connectivity index (χ2v) is 5.16. The fourth-order valence-corrected chi connectivity index (χ4v) is 2.23. The third-order valence-electron chi connectivity index (χ3n) is 3.05. The van der Waals surface area contributed by atoms with E-state index in [-0.39, 0.29) is 0 Å². The number of hydrogen-bond donors (Lipinski definition) is 2. The summed E-state index contributed by atoms with van der Waals surface area (Å²) < 4.78 is 5.17. The van der Waals surface area contributed by atoms with Gasteiger partial charge in [0.05, 0.1) is 18.5 Å². The lowest BCUT2D eigenvalue weighted by Crippen LogP contribution is -2.38. The average molecular weight is 334 g/mol. The Morgan fingerprint density at radius 2 is 1.96 bits per heavy atom. The molecular weight excluding hydrogens is 318 g/mol. The first-order valence-electron chi connectivity index (χ1n) is 6.73. The highest BCUT2D eigenvalue weighted by Gasteiger charge is 2.21. The Morgan fingerprint density at radius 3 is 2.57 bits per heavy atom. The number of nitrogen functional groups attached to an aromatic ring is 1. The fourth-order valence-electron chi connectivity index (χ4n) is 2.05. The lowest BCUT2D eigenvalue weighted by Gasteiger charge is -2.21. The van der Waals surface area contributed by atoms with Crippen molar-refractivity contribution in [2.45, 2.75) is 6.92 Å². The van der Waals surface area contributed by atoms with Crippen LogP contribution in [0, 0.1) is 0 Å². The molecule has 0 saturated heterocycles. The van der Waals surface area contributed by atoms with E-state index in [1.807, 2.05) is 0 Å². The molecule has 0 aromatic heterocycles. The van der Waals surface area contributed by atoms with Crippen LogP contribution in [0.25, 0.3) is 0 Å². The monoisotopic (exact) mass is 333 g/mol. The number of carbonyl (C=O) groups excluding carboxylic acids is 2. The van der Waals surface area contributed by atoms with Crippen molar-refractivity contribution in [2.24, 2.45) is 0 Å². The van der Waals surface area contributed by atoms with Crippen molar-refractivity contribution < 1.29 is 14.3 Å². The van der Waals surface area contributed by atoms with E-state index in [2.05, 4.69) is 5.32 Å². The summed E-state index contributed by atoms with van der Waals surface area (Å²) in [6.07, 6.45) is 0. The molecule has 2 rings (SSSR count). The first-order chi connectivity index (χ1) is 10.9. The zero-order valence-corrected chi connectivity index (χ0v) is 13.4. The van der Waals surface area contributed by atoms with Gasteiger partial charge in [0.25, 0.3) is 0 Å². The van der Waals surface area contributed by atoms with Gasteiger partial charge in [-0.25, -0.2) is 9.69 Å². The van der Waals surface area contributed by atoms with E-state index in [1.165, 1.54) is 26.2 Å². The predicted molar refractivity (Wildman–Crippen MR) is 91.0 cm³/mol. The molecule has 6 nitrogen and oxygen atoms in total. The number of halogens is 1. The van der Waals surface area contributed by atoms with E-state index >= 15 is 0 Å². The van der Waals surface area contributed by atoms with E-state index in [9.17, 15) is 9.59 Å². The number of benzene rings is 2. The van der Waals surface area contributed by atoms with Gasteiger partial charge in [0.1, 0.15) is 5.75 Å². The van der Waals surface area contributed by atoms with Gasteiger partial charge in [0, 0.05) is 17.6 Å². The van der Waals surface area contributed by atoms with Gasteiger partial charge >= 0.3 is 6.03 Å². The van der Waals surface area contributed by atoms with Crippen LogP contribution < -0.4 is 20.7 Å². The zero-order chi connectivity index (χ0) is 17.0. The summed E-state index contributed by atoms with van der Waals surface area (Å²) in [5.41, 5.74) is 6.89. The van der Waals surface area contributed by atoms with Crippen LogP contribution in [-0.2, 0) is 4.79 Å². The quantitative estimate of drug-likeness (QED) is 0.842. The SMILES string of the molecule is COc1ccc(Cl)cc1NC(=O)N(C(C)=O)c1cccc(N)c1. The number of amides is 3. The van der Waals surface area contributed by atoms with Crippen LogP contribution in [0.15, 0.2) is 42.5 Å². The molecule has 7 heteroatoms. The molecule has 0 unspecified atom stereocenters. The molecule has 2 aromatic rings. The summed E-state index contributed by atoms with van der Waals surface area (Å²) in [5, 5.41) is 3.05. The highest BCUT2D eigenvalue weighted by Crippen LogP contribution is 2.28. The number of urea groups is 1. The van der Waals surface area contributed by atoms with Crippen molar-refractivity contribution in [1.29, 1.82) is 0 Å². The number of hydrogen-bond acceptors (Lipinski definition) is 4. The van der Waals surface area contributed by atoms with Crippen LogP contribution in [0.5, 0.6) is 5.75 Å². The summed E-state index contributed by atoms with van der Waals surface area (Å²) in [6.45, 7) is 1.29. The number of ether oxygens (including phenoxy) is 1. The van der Waals surface area contributed by atoms with E-state index < -0.39 is 11.9 Å². The van der Waals surface area contributed by atoms with Gasteiger partial charge < -0.3 is 15.8 Å². The van der Waals surface area contributed by atoms with E-state index in [1.54, 1.807) is 30.3 Å². The van der Waals surface area contributed by atoms with Crippen molar-refractivity contribution in [1.82, 2.24) is 0 Å². The standard InChI is InChI=1S/C16H16ClN3O3/c1-10(21)20(13-5-3-4-12(18)9-13)16(22)19-14-8-11(17)6-7-15(14)23-2/h3-9H,18H2,1-2H3,(H,19,22). The van der Waals surface area contributed by atoms with Crippen molar-refractivity contribution >= 4 is 40.6 Å². The largest absolute Gasteiger partial charge is 0.495 e. The van der Waals surface area contributed by atoms with Crippen LogP contribution in [0.4, 0.5) is 21.9 Å². The van der Waals surface area contributed by atoms with Crippen LogP contribution in [0.2, 0.25) is 5.02 Å². The maximum atomic E-state index is 12.5. The first kappa shape index (κ1) is 16.6. The summed E-state index contributed by atoms with van der Waals surface area (Å²) in [5.74, 6) is -0.0204. The summed E-state index contributed by atoms with van der Waals surface area (Å²) >= 11 is 5.93. The highest BCUT2D eigenvalue weighted by atomic mass is 35.5. The molecule has 0 bridgehead atoms. The molecule has 2 aromatic carbocycles.